The van der Waals surface area contributed by atoms with Crippen molar-refractivity contribution in [3.63, 3.8) is 0 Å². The van der Waals surface area contributed by atoms with Crippen molar-refractivity contribution < 1.29 is 33.8 Å². The molecule has 3 nitrogen and oxygen atoms in total. The molecule has 0 aliphatic heterocycles. The first-order valence-corrected chi connectivity index (χ1v) is 9.25. The molecule has 1 atom stereocenters. The number of hydrogen-bond acceptors (Lipinski definition) is 4. The van der Waals surface area contributed by atoms with E-state index in [1.807, 2.05) is 0 Å². The third-order valence-corrected chi connectivity index (χ3v) is 3.60. The van der Waals surface area contributed by atoms with Crippen molar-refractivity contribution >= 4 is 18.5 Å². The Morgan fingerprint density at radius 3 is 1.94 bits per heavy atom. The molecule has 0 aliphatic rings. The second kappa shape index (κ2) is 13.2. The second-order valence-electron chi connectivity index (χ2n) is 4.52. The van der Waals surface area contributed by atoms with Crippen molar-refractivity contribution in [1.82, 2.24) is 0 Å². The Morgan fingerprint density at radius 1 is 0.944 bits per heavy atom. The van der Waals surface area contributed by atoms with Gasteiger partial charge in [-0.2, -0.15) is 0 Å². The molecule has 104 valence electrons. The Hall–Kier alpha value is 1.15. The summed E-state index contributed by atoms with van der Waals surface area (Å²) >= 11 is 4.31. The Kier molecular flexibility index (Phi) is 15.7. The van der Waals surface area contributed by atoms with E-state index in [0.717, 1.165) is 38.5 Å². The maximum Gasteiger partial charge on any atom is 2.00 e. The van der Waals surface area contributed by atoms with Crippen molar-refractivity contribution in [3.05, 3.63) is 0 Å². The summed E-state index contributed by atoms with van der Waals surface area (Å²) in [5, 5.41) is 0. The first-order valence-electron chi connectivity index (χ1n) is 6.70. The fourth-order valence-electron chi connectivity index (χ4n) is 1.84. The van der Waals surface area contributed by atoms with Crippen LogP contribution in [0.25, 0.3) is 0 Å². The molecule has 0 bridgehead atoms. The van der Waals surface area contributed by atoms with Gasteiger partial charge in [-0.1, -0.05) is 65.5 Å². The van der Waals surface area contributed by atoms with E-state index < -0.39 is 6.72 Å². The van der Waals surface area contributed by atoms with Crippen LogP contribution in [0, 0.1) is 0 Å². The summed E-state index contributed by atoms with van der Waals surface area (Å²) in [6.45, 7) is 0.275. The molecule has 0 radical (unpaired) electrons. The van der Waals surface area contributed by atoms with E-state index >= 15 is 0 Å². The van der Waals surface area contributed by atoms with Crippen LogP contribution in [0.5, 0.6) is 0 Å². The predicted octanol–water partition coefficient (Wildman–Crippen LogP) is 2.86. The summed E-state index contributed by atoms with van der Waals surface area (Å²) in [7, 11) is 0. The van der Waals surface area contributed by atoms with Gasteiger partial charge < -0.3 is 14.3 Å². The van der Waals surface area contributed by atoms with E-state index in [9.17, 15) is 9.79 Å². The summed E-state index contributed by atoms with van der Waals surface area (Å²) < 4.78 is 4.96. The Labute approximate surface area is 130 Å². The van der Waals surface area contributed by atoms with Crippen LogP contribution in [-0.4, -0.2) is 6.10 Å². The SMILES string of the molecule is CCCCCCCC(CCCC)OP([O-])([O-])=S.[Zn+2]. The maximum atomic E-state index is 11.0. The molecule has 0 fully saturated rings. The van der Waals surface area contributed by atoms with Gasteiger partial charge in [-0.25, -0.2) is 0 Å². The number of unbranched alkanes of at least 4 members (excludes halogenated alkanes) is 5. The summed E-state index contributed by atoms with van der Waals surface area (Å²) in [4.78, 5) is 21.9. The first-order chi connectivity index (χ1) is 7.99. The fourth-order valence-corrected chi connectivity index (χ4v) is 2.78. The van der Waals surface area contributed by atoms with Crippen molar-refractivity contribution in [2.45, 2.75) is 77.7 Å². The van der Waals surface area contributed by atoms with Gasteiger partial charge in [0.25, 0.3) is 0 Å². The largest absolute Gasteiger partial charge is 2.00 e. The van der Waals surface area contributed by atoms with Crippen LogP contribution in [0.3, 0.4) is 0 Å². The molecule has 0 saturated carbocycles. The standard InChI is InChI=1S/C12H27O3PS.Zn/c1-3-5-7-8-9-11-12(10-6-4-2)15-16(13,14)17;/h12H,3-11H2,1-2H3,(H2,13,14,17);/q;+2/p-2. The van der Waals surface area contributed by atoms with E-state index in [0.29, 0.717) is 0 Å². The first kappa shape index (κ1) is 21.5. The van der Waals surface area contributed by atoms with Gasteiger partial charge >= 0.3 is 19.5 Å². The van der Waals surface area contributed by atoms with Gasteiger partial charge in [0, 0.05) is 0 Å². The molecule has 1 unspecified atom stereocenters. The fraction of sp³-hybridized carbons (Fsp3) is 1.00. The summed E-state index contributed by atoms with van der Waals surface area (Å²) in [5.41, 5.74) is 0. The molecule has 0 heterocycles. The third kappa shape index (κ3) is 15.2. The quantitative estimate of drug-likeness (QED) is 0.328. The van der Waals surface area contributed by atoms with Crippen LogP contribution in [0.15, 0.2) is 0 Å². The molecule has 0 aromatic carbocycles. The van der Waals surface area contributed by atoms with Crippen LogP contribution < -0.4 is 9.79 Å². The van der Waals surface area contributed by atoms with Gasteiger partial charge in [0.2, 0.25) is 0 Å². The minimum Gasteiger partial charge on any atom is -0.812 e. The van der Waals surface area contributed by atoms with Crippen LogP contribution in [0.1, 0.15) is 71.6 Å². The molecule has 0 aromatic heterocycles. The molecule has 0 aliphatic carbocycles. The van der Waals surface area contributed by atoms with Crippen molar-refractivity contribution in [1.29, 1.82) is 0 Å². The molecule has 6 heteroatoms. The van der Waals surface area contributed by atoms with E-state index in [1.165, 1.54) is 19.3 Å². The molecule has 18 heavy (non-hydrogen) atoms. The number of hydrogen-bond donors (Lipinski definition) is 0. The zero-order valence-electron chi connectivity index (χ0n) is 11.7. The summed E-state index contributed by atoms with van der Waals surface area (Å²) in [5.74, 6) is 0. The van der Waals surface area contributed by atoms with E-state index in [2.05, 4.69) is 25.7 Å². The molecule has 0 rings (SSSR count). The van der Waals surface area contributed by atoms with E-state index in [4.69, 9.17) is 4.52 Å². The Morgan fingerprint density at radius 2 is 1.44 bits per heavy atom. The van der Waals surface area contributed by atoms with Gasteiger partial charge in [-0.05, 0) is 12.8 Å². The van der Waals surface area contributed by atoms with Gasteiger partial charge in [-0.15, -0.1) is 11.8 Å². The minimum absolute atomic E-state index is 0. The van der Waals surface area contributed by atoms with Crippen LogP contribution >= 0.6 is 6.72 Å². The normalized spacial score (nSPS) is 13.1. The van der Waals surface area contributed by atoms with Crippen molar-refractivity contribution in [2.75, 3.05) is 0 Å². The van der Waals surface area contributed by atoms with Crippen LogP contribution in [0.4, 0.5) is 0 Å². The van der Waals surface area contributed by atoms with Crippen molar-refractivity contribution in [2.24, 2.45) is 0 Å². The van der Waals surface area contributed by atoms with Gasteiger partial charge in [-0.3, -0.25) is 0 Å². The smallest absolute Gasteiger partial charge is 0.812 e. The summed E-state index contributed by atoms with van der Waals surface area (Å²) in [6, 6.07) is 0. The molecular formula is C12H25O3PSZn. The zero-order chi connectivity index (χ0) is 13.1. The van der Waals surface area contributed by atoms with Gasteiger partial charge in [0.05, 0.1) is 6.10 Å². The van der Waals surface area contributed by atoms with Gasteiger partial charge in [0.1, 0.15) is 0 Å². The zero-order valence-corrected chi connectivity index (χ0v) is 16.4. The Bertz CT molecular complexity index is 223. The average molecular weight is 346 g/mol. The van der Waals surface area contributed by atoms with Crippen molar-refractivity contribution in [3.8, 4) is 0 Å². The van der Waals surface area contributed by atoms with E-state index in [-0.39, 0.29) is 25.6 Å². The third-order valence-electron chi connectivity index (χ3n) is 2.79. The molecule has 0 amide bonds. The second-order valence-corrected chi connectivity index (χ2v) is 6.97. The average Bonchev–Trinajstić information content (AvgIpc) is 2.23. The van der Waals surface area contributed by atoms with E-state index in [1.54, 1.807) is 0 Å². The topological polar surface area (TPSA) is 55.3 Å². The molecule has 0 spiro atoms. The minimum atomic E-state index is -3.99. The molecule has 0 saturated heterocycles. The Balaban J connectivity index is 0. The van der Waals surface area contributed by atoms with Gasteiger partial charge in [0.15, 0.2) is 0 Å². The summed E-state index contributed by atoms with van der Waals surface area (Å²) in [6.07, 6.45) is 9.34. The maximum absolute atomic E-state index is 11.0. The van der Waals surface area contributed by atoms with Crippen LogP contribution in [-0.2, 0) is 35.8 Å². The van der Waals surface area contributed by atoms with Crippen LogP contribution in [0.2, 0.25) is 0 Å². The monoisotopic (exact) mass is 344 g/mol. The molecular weight excluding hydrogens is 321 g/mol. The molecule has 0 aromatic rings. The molecule has 0 N–H and O–H groups in total. The predicted molar refractivity (Wildman–Crippen MR) is 72.1 cm³/mol. The number of rotatable bonds is 11.